The van der Waals surface area contributed by atoms with E-state index < -0.39 is 6.10 Å². The summed E-state index contributed by atoms with van der Waals surface area (Å²) in [6.07, 6.45) is -0.193. The molecule has 1 aliphatic rings. The van der Waals surface area contributed by atoms with Gasteiger partial charge in [-0.25, -0.2) is 4.39 Å². The highest BCUT2D eigenvalue weighted by atomic mass is 35.5. The van der Waals surface area contributed by atoms with Crippen LogP contribution in [0.2, 0.25) is 5.02 Å². The van der Waals surface area contributed by atoms with Gasteiger partial charge in [0.15, 0.2) is 6.29 Å². The largest absolute Gasteiger partial charge is 0.393 e. The fourth-order valence-electron chi connectivity index (χ4n) is 1.79. The molecular weight excluding hydrogens is 247 g/mol. The van der Waals surface area contributed by atoms with Gasteiger partial charge >= 0.3 is 0 Å². The van der Waals surface area contributed by atoms with Gasteiger partial charge in [0.2, 0.25) is 0 Å². The average molecular weight is 261 g/mol. The second kappa shape index (κ2) is 5.78. The number of hydrogen-bond acceptors (Lipinski definition) is 3. The van der Waals surface area contributed by atoms with Crippen LogP contribution in [0.1, 0.15) is 12.0 Å². The van der Waals surface area contributed by atoms with E-state index in [4.69, 9.17) is 21.1 Å². The first-order valence-electron chi connectivity index (χ1n) is 5.50. The summed E-state index contributed by atoms with van der Waals surface area (Å²) in [5, 5.41) is 10.2. The van der Waals surface area contributed by atoms with Gasteiger partial charge in [0.25, 0.3) is 0 Å². The van der Waals surface area contributed by atoms with Crippen molar-refractivity contribution in [3.05, 3.63) is 34.6 Å². The Kier molecular flexibility index (Phi) is 4.34. The molecule has 0 amide bonds. The molecule has 1 aliphatic heterocycles. The maximum absolute atomic E-state index is 12.8. The molecule has 5 heteroatoms. The van der Waals surface area contributed by atoms with Gasteiger partial charge in [0.05, 0.1) is 19.3 Å². The molecule has 1 heterocycles. The molecule has 0 radical (unpaired) electrons. The van der Waals surface area contributed by atoms with E-state index in [9.17, 15) is 9.50 Å². The third-order valence-corrected chi connectivity index (χ3v) is 2.98. The molecule has 1 N–H and O–H groups in total. The van der Waals surface area contributed by atoms with E-state index in [0.717, 1.165) is 5.56 Å². The Hall–Kier alpha value is -0.680. The van der Waals surface area contributed by atoms with Crippen molar-refractivity contribution in [1.82, 2.24) is 0 Å². The summed E-state index contributed by atoms with van der Waals surface area (Å²) >= 11 is 5.88. The van der Waals surface area contributed by atoms with Crippen molar-refractivity contribution in [1.29, 1.82) is 0 Å². The van der Waals surface area contributed by atoms with Gasteiger partial charge in [-0.3, -0.25) is 0 Å². The molecule has 1 fully saturated rings. The van der Waals surface area contributed by atoms with Crippen LogP contribution >= 0.6 is 11.6 Å². The number of hydrogen-bond donors (Lipinski definition) is 1. The summed E-state index contributed by atoms with van der Waals surface area (Å²) in [6.45, 7) is 1.13. The minimum absolute atomic E-state index is 0.331. The molecule has 94 valence electrons. The fourth-order valence-corrected chi connectivity index (χ4v) is 2.03. The molecule has 0 spiro atoms. The molecule has 3 nitrogen and oxygen atoms in total. The maximum Gasteiger partial charge on any atom is 0.160 e. The van der Waals surface area contributed by atoms with Gasteiger partial charge in [-0.15, -0.1) is 0 Å². The van der Waals surface area contributed by atoms with Gasteiger partial charge in [0.1, 0.15) is 5.82 Å². The maximum atomic E-state index is 12.8. The summed E-state index contributed by atoms with van der Waals surface area (Å²) in [6, 6.07) is 4.15. The SMILES string of the molecule is OC(Cc1ccc(F)cc1Cl)CC1OCCO1. The van der Waals surface area contributed by atoms with Gasteiger partial charge < -0.3 is 14.6 Å². The monoisotopic (exact) mass is 260 g/mol. The average Bonchev–Trinajstić information content (AvgIpc) is 2.75. The number of aliphatic hydroxyl groups excluding tert-OH is 1. The minimum atomic E-state index is -0.610. The van der Waals surface area contributed by atoms with Crippen LogP contribution in [0.5, 0.6) is 0 Å². The van der Waals surface area contributed by atoms with Gasteiger partial charge in [-0.1, -0.05) is 17.7 Å². The van der Waals surface area contributed by atoms with E-state index in [-0.39, 0.29) is 12.1 Å². The van der Waals surface area contributed by atoms with Crippen molar-refractivity contribution in [2.75, 3.05) is 13.2 Å². The Morgan fingerprint density at radius 2 is 2.12 bits per heavy atom. The lowest BCUT2D eigenvalue weighted by Crippen LogP contribution is -2.20. The van der Waals surface area contributed by atoms with E-state index in [0.29, 0.717) is 31.1 Å². The predicted molar refractivity (Wildman–Crippen MR) is 61.4 cm³/mol. The van der Waals surface area contributed by atoms with Crippen molar-refractivity contribution in [3.8, 4) is 0 Å². The number of halogens is 2. The van der Waals surface area contributed by atoms with E-state index in [1.165, 1.54) is 12.1 Å². The topological polar surface area (TPSA) is 38.7 Å². The Bertz CT molecular complexity index is 380. The van der Waals surface area contributed by atoms with Crippen molar-refractivity contribution in [3.63, 3.8) is 0 Å². The summed E-state index contributed by atoms with van der Waals surface area (Å²) < 4.78 is 23.3. The highest BCUT2D eigenvalue weighted by Crippen LogP contribution is 2.21. The lowest BCUT2D eigenvalue weighted by molar-refractivity contribution is -0.0698. The molecule has 1 unspecified atom stereocenters. The molecule has 2 rings (SSSR count). The number of benzene rings is 1. The Labute approximate surface area is 104 Å². The summed E-state index contributed by atoms with van der Waals surface area (Å²) in [7, 11) is 0. The molecule has 1 aromatic carbocycles. The van der Waals surface area contributed by atoms with E-state index in [2.05, 4.69) is 0 Å². The van der Waals surface area contributed by atoms with Crippen LogP contribution in [-0.2, 0) is 15.9 Å². The third kappa shape index (κ3) is 3.64. The zero-order valence-electron chi connectivity index (χ0n) is 9.23. The van der Waals surface area contributed by atoms with Crippen LogP contribution in [0.3, 0.4) is 0 Å². The highest BCUT2D eigenvalue weighted by molar-refractivity contribution is 6.31. The first-order chi connectivity index (χ1) is 8.15. The minimum Gasteiger partial charge on any atom is -0.393 e. The van der Waals surface area contributed by atoms with Crippen LogP contribution in [0.4, 0.5) is 4.39 Å². The number of ether oxygens (including phenoxy) is 2. The Morgan fingerprint density at radius 3 is 2.76 bits per heavy atom. The zero-order chi connectivity index (χ0) is 12.3. The van der Waals surface area contributed by atoms with Crippen LogP contribution < -0.4 is 0 Å². The molecule has 0 saturated carbocycles. The van der Waals surface area contributed by atoms with Crippen molar-refractivity contribution >= 4 is 11.6 Å². The standard InChI is InChI=1S/C12H14ClFO3/c13-11-6-9(14)2-1-8(11)5-10(15)7-12-16-3-4-17-12/h1-2,6,10,12,15H,3-5,7H2. The second-order valence-electron chi connectivity index (χ2n) is 4.00. The lowest BCUT2D eigenvalue weighted by atomic mass is 10.1. The lowest BCUT2D eigenvalue weighted by Gasteiger charge is -2.15. The van der Waals surface area contributed by atoms with Crippen molar-refractivity contribution in [2.24, 2.45) is 0 Å². The first-order valence-corrected chi connectivity index (χ1v) is 5.88. The van der Waals surface area contributed by atoms with Gasteiger partial charge in [-0.05, 0) is 17.7 Å². The second-order valence-corrected chi connectivity index (χ2v) is 4.41. The molecular formula is C12H14ClFO3. The number of rotatable bonds is 4. The Balaban J connectivity index is 1.90. The molecule has 0 bridgehead atoms. The van der Waals surface area contributed by atoms with Crippen LogP contribution in [0.15, 0.2) is 18.2 Å². The van der Waals surface area contributed by atoms with Crippen molar-refractivity contribution in [2.45, 2.75) is 25.2 Å². The van der Waals surface area contributed by atoms with Gasteiger partial charge in [-0.2, -0.15) is 0 Å². The smallest absolute Gasteiger partial charge is 0.160 e. The summed E-state index contributed by atoms with van der Waals surface area (Å²) in [5.74, 6) is -0.379. The van der Waals surface area contributed by atoms with Crippen molar-refractivity contribution < 1.29 is 19.0 Å². The van der Waals surface area contributed by atoms with Crippen LogP contribution in [-0.4, -0.2) is 30.7 Å². The number of aliphatic hydroxyl groups is 1. The molecule has 1 atom stereocenters. The molecule has 17 heavy (non-hydrogen) atoms. The van der Waals surface area contributed by atoms with E-state index in [1.54, 1.807) is 6.07 Å². The predicted octanol–water partition coefficient (Wildman–Crippen LogP) is 2.15. The molecule has 1 aromatic rings. The summed E-state index contributed by atoms with van der Waals surface area (Å²) in [5.41, 5.74) is 0.721. The van der Waals surface area contributed by atoms with E-state index in [1.807, 2.05) is 0 Å². The third-order valence-electron chi connectivity index (χ3n) is 2.63. The van der Waals surface area contributed by atoms with Gasteiger partial charge in [0, 0.05) is 17.9 Å². The molecule has 1 saturated heterocycles. The normalized spacial score (nSPS) is 18.5. The quantitative estimate of drug-likeness (QED) is 0.902. The molecule has 0 aromatic heterocycles. The van der Waals surface area contributed by atoms with E-state index >= 15 is 0 Å². The molecule has 0 aliphatic carbocycles. The Morgan fingerprint density at radius 1 is 1.41 bits per heavy atom. The highest BCUT2D eigenvalue weighted by Gasteiger charge is 2.20. The fraction of sp³-hybridized carbons (Fsp3) is 0.500. The first kappa shape index (κ1) is 12.8. The zero-order valence-corrected chi connectivity index (χ0v) is 9.99. The van der Waals surface area contributed by atoms with Crippen LogP contribution in [0, 0.1) is 5.82 Å². The van der Waals surface area contributed by atoms with Crippen LogP contribution in [0.25, 0.3) is 0 Å². The summed E-state index contributed by atoms with van der Waals surface area (Å²) in [4.78, 5) is 0.